The highest BCUT2D eigenvalue weighted by atomic mass is 16.8. The number of fused-ring (bicyclic) bond motifs is 1. The number of aliphatic hydroxyl groups excluding tert-OH is 1. The van der Waals surface area contributed by atoms with Gasteiger partial charge in [0.05, 0.1) is 30.8 Å². The minimum Gasteiger partial charge on any atom is -0.497 e. The molecule has 3 aliphatic rings. The van der Waals surface area contributed by atoms with E-state index in [1.54, 1.807) is 52.0 Å². The van der Waals surface area contributed by atoms with Gasteiger partial charge in [0.1, 0.15) is 24.1 Å². The molecule has 0 bridgehead atoms. The Kier molecular flexibility index (Phi) is 14.3. The molecule has 54 heavy (non-hydrogen) atoms. The number of rotatable bonds is 7. The third-order valence-corrected chi connectivity index (χ3v) is 11.4. The van der Waals surface area contributed by atoms with Gasteiger partial charge in [-0.3, -0.25) is 15.0 Å². The fourth-order valence-corrected chi connectivity index (χ4v) is 8.52. The van der Waals surface area contributed by atoms with Crippen LogP contribution in [0.5, 0.6) is 5.75 Å². The van der Waals surface area contributed by atoms with Crippen molar-refractivity contribution in [3.8, 4) is 5.75 Å². The number of methoxy groups -OCH3 is 1. The fraction of sp³-hybridized carbons (Fsp3) is 0.769. The monoisotopic (exact) mass is 765 g/mol. The molecule has 3 N–H and O–H groups in total. The van der Waals surface area contributed by atoms with E-state index in [0.29, 0.717) is 24.4 Å². The lowest BCUT2D eigenvalue weighted by atomic mass is 9.77. The topological polar surface area (TPSA) is 175 Å². The molecule has 306 valence electrons. The molecule has 15 heteroatoms. The average molecular weight is 766 g/mol. The van der Waals surface area contributed by atoms with Crippen molar-refractivity contribution >= 4 is 23.9 Å². The number of hydrogen-bond acceptors (Lipinski definition) is 14. The summed E-state index contributed by atoms with van der Waals surface area (Å²) >= 11 is 0. The van der Waals surface area contributed by atoms with E-state index in [4.69, 9.17) is 33.2 Å². The van der Waals surface area contributed by atoms with Gasteiger partial charge < -0.3 is 48.3 Å². The smallest absolute Gasteiger partial charge is 0.497 e. The highest BCUT2D eigenvalue weighted by Crippen LogP contribution is 2.40. The molecule has 3 aliphatic heterocycles. The van der Waals surface area contributed by atoms with Gasteiger partial charge in [-0.25, -0.2) is 9.59 Å². The van der Waals surface area contributed by atoms with Crippen LogP contribution in [0.25, 0.3) is 0 Å². The number of nitrogens with one attached hydrogen (secondary N) is 1. The largest absolute Gasteiger partial charge is 0.509 e. The van der Waals surface area contributed by atoms with Crippen molar-refractivity contribution in [2.45, 2.75) is 141 Å². The van der Waals surface area contributed by atoms with E-state index < -0.39 is 78.1 Å². The van der Waals surface area contributed by atoms with Gasteiger partial charge in [0.25, 0.3) is 0 Å². The number of esters is 1. The number of anilines is 1. The van der Waals surface area contributed by atoms with Gasteiger partial charge in [0, 0.05) is 36.3 Å². The van der Waals surface area contributed by atoms with Gasteiger partial charge in [0.2, 0.25) is 0 Å². The fourth-order valence-electron chi connectivity index (χ4n) is 8.52. The summed E-state index contributed by atoms with van der Waals surface area (Å²) in [4.78, 5) is 44.5. The number of carbonyl (C=O) groups excluding carboxylic acids is 3. The molecule has 0 aliphatic carbocycles. The Labute approximate surface area is 319 Å². The Morgan fingerprint density at radius 1 is 1.11 bits per heavy atom. The standard InChI is InChI=1S/C39H63N3O12/c1-13-29-39(8)33(53-37(46)54-39)25(6)42(11)20-21(2)19-38(7,47)32(52-35-30(43)28(41(9)10)17-22(3)49-35)23(4)31(24(5)34(44)50-29)51-36(45)40-26-15-14-16-27(18-26)48-12/h14-16,18,21-25,28-33,35,43,47H,13,17,19-20H2,1-12H3,(H,40,45)/t21-,22-,23+,24-,25-,28+,29-,30-,31+,32-,33-,35+,38-,39-/m1/s1. The summed E-state index contributed by atoms with van der Waals surface area (Å²) in [6, 6.07) is 6.04. The van der Waals surface area contributed by atoms with Gasteiger partial charge in [-0.2, -0.15) is 0 Å². The first-order valence-corrected chi connectivity index (χ1v) is 19.0. The second kappa shape index (κ2) is 17.7. The van der Waals surface area contributed by atoms with E-state index in [0.717, 1.165) is 0 Å². The molecule has 0 aromatic heterocycles. The molecule has 1 amide bonds. The van der Waals surface area contributed by atoms with Gasteiger partial charge >= 0.3 is 18.2 Å². The van der Waals surface area contributed by atoms with E-state index in [9.17, 15) is 24.6 Å². The summed E-state index contributed by atoms with van der Waals surface area (Å²) in [6.45, 7) is 14.7. The lowest BCUT2D eigenvalue weighted by molar-refractivity contribution is -0.299. The highest BCUT2D eigenvalue weighted by Gasteiger charge is 2.58. The van der Waals surface area contributed by atoms with Crippen LogP contribution in [0.15, 0.2) is 24.3 Å². The molecule has 3 heterocycles. The first-order valence-electron chi connectivity index (χ1n) is 19.0. The Balaban J connectivity index is 1.80. The summed E-state index contributed by atoms with van der Waals surface area (Å²) in [5, 5.41) is 26.7. The third-order valence-electron chi connectivity index (χ3n) is 11.4. The van der Waals surface area contributed by atoms with E-state index in [1.165, 1.54) is 7.11 Å². The highest BCUT2D eigenvalue weighted by molar-refractivity contribution is 5.85. The molecule has 3 fully saturated rings. The first kappa shape index (κ1) is 43.5. The zero-order valence-electron chi connectivity index (χ0n) is 33.9. The summed E-state index contributed by atoms with van der Waals surface area (Å²) < 4.78 is 41.9. The molecule has 0 radical (unpaired) electrons. The lowest BCUT2D eigenvalue weighted by Gasteiger charge is -2.47. The van der Waals surface area contributed by atoms with Crippen molar-refractivity contribution in [1.29, 1.82) is 0 Å². The van der Waals surface area contributed by atoms with Crippen molar-refractivity contribution in [3.05, 3.63) is 24.3 Å². The molecular formula is C39H63N3O12. The first-order chi connectivity index (χ1) is 25.2. The predicted molar refractivity (Wildman–Crippen MR) is 199 cm³/mol. The van der Waals surface area contributed by atoms with E-state index in [1.807, 2.05) is 58.6 Å². The van der Waals surface area contributed by atoms with Crippen molar-refractivity contribution in [3.63, 3.8) is 0 Å². The van der Waals surface area contributed by atoms with E-state index in [-0.39, 0.29) is 36.9 Å². The number of benzene rings is 1. The normalized spacial score (nSPS) is 40.0. The number of nitrogens with zero attached hydrogens (tertiary/aromatic N) is 2. The minimum atomic E-state index is -1.61. The molecule has 1 aromatic rings. The van der Waals surface area contributed by atoms with Crippen LogP contribution in [0.2, 0.25) is 0 Å². The summed E-state index contributed by atoms with van der Waals surface area (Å²) in [5.74, 6) is -2.38. The molecule has 0 spiro atoms. The van der Waals surface area contributed by atoms with Crippen LogP contribution < -0.4 is 10.1 Å². The number of hydrogen-bond donors (Lipinski definition) is 3. The Bertz CT molecular complexity index is 1440. The Hall–Kier alpha value is -3.21. The van der Waals surface area contributed by atoms with Gasteiger partial charge in [-0.15, -0.1) is 0 Å². The van der Waals surface area contributed by atoms with Gasteiger partial charge in [-0.05, 0) is 93.1 Å². The van der Waals surface area contributed by atoms with Crippen LogP contribution in [-0.2, 0) is 33.2 Å². The van der Waals surface area contributed by atoms with Crippen LogP contribution in [-0.4, -0.2) is 139 Å². The number of amides is 1. The number of ether oxygens (including phenoxy) is 7. The van der Waals surface area contributed by atoms with Gasteiger partial charge in [0.15, 0.2) is 18.0 Å². The van der Waals surface area contributed by atoms with Crippen LogP contribution in [0.3, 0.4) is 0 Å². The van der Waals surface area contributed by atoms with Gasteiger partial charge in [-0.1, -0.05) is 26.8 Å². The zero-order chi connectivity index (χ0) is 40.3. The second-order valence-corrected chi connectivity index (χ2v) is 16.3. The maximum atomic E-state index is 14.3. The van der Waals surface area contributed by atoms with Crippen LogP contribution in [0, 0.1) is 17.8 Å². The summed E-state index contributed by atoms with van der Waals surface area (Å²) in [7, 11) is 7.14. The third kappa shape index (κ3) is 9.77. The molecule has 0 unspecified atom stereocenters. The van der Waals surface area contributed by atoms with Crippen molar-refractivity contribution in [2.75, 3.05) is 40.1 Å². The number of cyclic esters (lactones) is 1. The van der Waals surface area contributed by atoms with Crippen molar-refractivity contribution < 1.29 is 57.8 Å². The van der Waals surface area contributed by atoms with Crippen molar-refractivity contribution in [2.24, 2.45) is 17.8 Å². The van der Waals surface area contributed by atoms with Crippen LogP contribution >= 0.6 is 0 Å². The molecule has 3 saturated heterocycles. The summed E-state index contributed by atoms with van der Waals surface area (Å²) in [6.07, 6.45) is -7.28. The Morgan fingerprint density at radius 2 is 1.80 bits per heavy atom. The number of aliphatic hydroxyl groups is 2. The Morgan fingerprint density at radius 3 is 2.43 bits per heavy atom. The molecule has 0 saturated carbocycles. The predicted octanol–water partition coefficient (Wildman–Crippen LogP) is 4.42. The van der Waals surface area contributed by atoms with E-state index in [2.05, 4.69) is 5.32 Å². The maximum Gasteiger partial charge on any atom is 0.509 e. The number of likely N-dealkylation sites (N-methyl/N-ethyl adjacent to an activating group) is 2. The molecule has 15 nitrogen and oxygen atoms in total. The molecular weight excluding hydrogens is 702 g/mol. The maximum absolute atomic E-state index is 14.3. The van der Waals surface area contributed by atoms with Crippen LogP contribution in [0.4, 0.5) is 15.3 Å². The average Bonchev–Trinajstić information content (AvgIpc) is 3.41. The number of carbonyl (C=O) groups is 3. The SMILES string of the molecule is CC[C@H]1OC(=O)[C@H](C)[C@@H](OC(=O)Nc2cccc(OC)c2)[C@H](C)[C@@H](O[C@@H]2O[C@H](C)C[C@H](N(C)C)[C@H]2O)[C@](C)(O)C[C@@H](C)CN(C)[C@H](C)[C@H]2OC(=O)O[C@@]21C. The quantitative estimate of drug-likeness (QED) is 0.263. The van der Waals surface area contributed by atoms with E-state index >= 15 is 0 Å². The lowest BCUT2D eigenvalue weighted by Crippen LogP contribution is -2.59. The zero-order valence-corrected chi connectivity index (χ0v) is 33.9. The second-order valence-electron chi connectivity index (χ2n) is 16.3. The minimum absolute atomic E-state index is 0.154. The van der Waals surface area contributed by atoms with Crippen molar-refractivity contribution in [1.82, 2.24) is 9.80 Å². The molecule has 14 atom stereocenters. The molecule has 1 aromatic carbocycles. The van der Waals surface area contributed by atoms with Crippen LogP contribution in [0.1, 0.15) is 74.7 Å². The summed E-state index contributed by atoms with van der Waals surface area (Å²) in [5.41, 5.74) is -2.56. The molecule has 4 rings (SSSR count).